The second kappa shape index (κ2) is 7.41. The van der Waals surface area contributed by atoms with Crippen LogP contribution in [-0.4, -0.2) is 16.6 Å². The van der Waals surface area contributed by atoms with Crippen molar-refractivity contribution in [3.05, 3.63) is 94.0 Å². The van der Waals surface area contributed by atoms with Gasteiger partial charge in [0.15, 0.2) is 34.8 Å². The Labute approximate surface area is 195 Å². The second-order valence-electron chi connectivity index (χ2n) is 7.74. The molecular formula is C25H8F5NO3S. The molecule has 0 radical (unpaired) electrons. The van der Waals surface area contributed by atoms with Crippen molar-refractivity contribution in [2.24, 2.45) is 0 Å². The summed E-state index contributed by atoms with van der Waals surface area (Å²) in [5.41, 5.74) is -0.917. The van der Waals surface area contributed by atoms with E-state index >= 15 is 0 Å². The molecule has 2 aromatic heterocycles. The Kier molecular flexibility index (Phi) is 4.52. The third-order valence-corrected chi connectivity index (χ3v) is 6.68. The van der Waals surface area contributed by atoms with Gasteiger partial charge in [-0.15, -0.1) is 11.3 Å². The molecule has 0 N–H and O–H groups in total. The fourth-order valence-electron chi connectivity index (χ4n) is 4.01. The first-order valence-corrected chi connectivity index (χ1v) is 10.8. The van der Waals surface area contributed by atoms with Crippen molar-refractivity contribution >= 4 is 50.2 Å². The topological polar surface area (TPSA) is 60.2 Å². The standard InChI is InChI=1S/C25H8F5NO3S/c26-17-16(18(27)20(29)21(30)19(17)28)25-31-24-15(35-25)8-11(34-24)7-14-22(32)12-5-9-3-1-2-4-10(9)6-13(12)23(14)33/h1-8H. The van der Waals surface area contributed by atoms with Gasteiger partial charge in [-0.1, -0.05) is 24.3 Å². The van der Waals surface area contributed by atoms with E-state index in [1.165, 1.54) is 12.1 Å². The first-order chi connectivity index (χ1) is 16.7. The van der Waals surface area contributed by atoms with E-state index in [1.807, 2.05) is 24.3 Å². The van der Waals surface area contributed by atoms with Gasteiger partial charge in [-0.05, 0) is 29.0 Å². The van der Waals surface area contributed by atoms with Gasteiger partial charge in [0.2, 0.25) is 11.5 Å². The number of furan rings is 1. The number of Topliss-reactive ketones (excluding diaryl/α,β-unsaturated/α-hetero) is 2. The van der Waals surface area contributed by atoms with Gasteiger partial charge in [0.25, 0.3) is 0 Å². The Hall–Kier alpha value is -4.18. The maximum absolute atomic E-state index is 14.1. The molecule has 0 saturated heterocycles. The van der Waals surface area contributed by atoms with Crippen molar-refractivity contribution in [1.82, 2.24) is 4.98 Å². The Morgan fingerprint density at radius 2 is 1.31 bits per heavy atom. The Bertz CT molecular complexity index is 1680. The fraction of sp³-hybridized carbons (Fsp3) is 0. The number of hydrogen-bond acceptors (Lipinski definition) is 5. The lowest BCUT2D eigenvalue weighted by Gasteiger charge is -2.05. The Morgan fingerprint density at radius 3 is 1.86 bits per heavy atom. The maximum Gasteiger partial charge on any atom is 0.238 e. The van der Waals surface area contributed by atoms with Crippen molar-refractivity contribution in [1.29, 1.82) is 0 Å². The third-order valence-electron chi connectivity index (χ3n) is 5.68. The maximum atomic E-state index is 14.1. The highest BCUT2D eigenvalue weighted by molar-refractivity contribution is 7.21. The molecule has 0 amide bonds. The van der Waals surface area contributed by atoms with Crippen molar-refractivity contribution in [3.8, 4) is 10.6 Å². The highest BCUT2D eigenvalue weighted by Gasteiger charge is 2.34. The number of ketones is 2. The summed E-state index contributed by atoms with van der Waals surface area (Å²) in [5.74, 6) is -11.3. The van der Waals surface area contributed by atoms with Crippen LogP contribution in [0.4, 0.5) is 22.0 Å². The summed E-state index contributed by atoms with van der Waals surface area (Å²) in [4.78, 5) is 29.6. The minimum absolute atomic E-state index is 0.0665. The summed E-state index contributed by atoms with van der Waals surface area (Å²) in [6, 6.07) is 11.9. The van der Waals surface area contributed by atoms with Crippen LogP contribution < -0.4 is 0 Å². The Balaban J connectivity index is 1.40. The lowest BCUT2D eigenvalue weighted by atomic mass is 10.0. The molecule has 0 fully saturated rings. The minimum atomic E-state index is -2.27. The van der Waals surface area contributed by atoms with Gasteiger partial charge in [-0.25, -0.2) is 26.9 Å². The average Bonchev–Trinajstić information content (AvgIpc) is 3.48. The summed E-state index contributed by atoms with van der Waals surface area (Å²) >= 11 is 0.631. The molecule has 1 aliphatic carbocycles. The number of nitrogens with zero attached hydrogens (tertiary/aromatic N) is 1. The van der Waals surface area contributed by atoms with Gasteiger partial charge < -0.3 is 4.42 Å². The molecule has 172 valence electrons. The van der Waals surface area contributed by atoms with Crippen LogP contribution in [0.2, 0.25) is 0 Å². The molecular weight excluding hydrogens is 489 g/mol. The zero-order valence-corrected chi connectivity index (χ0v) is 17.9. The number of rotatable bonds is 2. The molecule has 2 heterocycles. The highest BCUT2D eigenvalue weighted by atomic mass is 32.1. The number of halogens is 5. The number of carbonyl (C=O) groups excluding carboxylic acids is 2. The fourth-order valence-corrected chi connectivity index (χ4v) is 4.97. The van der Waals surface area contributed by atoms with Crippen molar-refractivity contribution < 1.29 is 36.0 Å². The van der Waals surface area contributed by atoms with E-state index in [-0.39, 0.29) is 32.9 Å². The Morgan fingerprint density at radius 1 is 0.771 bits per heavy atom. The summed E-state index contributed by atoms with van der Waals surface area (Å²) in [6.45, 7) is 0. The number of thiazole rings is 1. The predicted molar refractivity (Wildman–Crippen MR) is 118 cm³/mol. The number of fused-ring (bicyclic) bond motifs is 3. The van der Waals surface area contributed by atoms with Gasteiger partial charge in [0.05, 0.1) is 15.8 Å². The third kappa shape index (κ3) is 3.06. The quantitative estimate of drug-likeness (QED) is 0.0878. The smallest absolute Gasteiger partial charge is 0.238 e. The second-order valence-corrected chi connectivity index (χ2v) is 8.77. The van der Waals surface area contributed by atoms with Gasteiger partial charge in [0.1, 0.15) is 10.8 Å². The molecule has 0 aliphatic heterocycles. The van der Waals surface area contributed by atoms with Crippen LogP contribution >= 0.6 is 11.3 Å². The van der Waals surface area contributed by atoms with E-state index in [0.29, 0.717) is 11.3 Å². The molecule has 0 saturated carbocycles. The van der Waals surface area contributed by atoms with E-state index in [4.69, 9.17) is 4.42 Å². The summed E-state index contributed by atoms with van der Waals surface area (Å²) < 4.78 is 74.4. The van der Waals surface area contributed by atoms with Gasteiger partial charge in [-0.3, -0.25) is 9.59 Å². The largest absolute Gasteiger partial charge is 0.437 e. The molecule has 0 unspecified atom stereocenters. The molecule has 6 rings (SSSR count). The van der Waals surface area contributed by atoms with E-state index in [2.05, 4.69) is 4.98 Å². The van der Waals surface area contributed by atoms with Crippen LogP contribution in [0.1, 0.15) is 26.5 Å². The zero-order chi connectivity index (χ0) is 24.6. The molecule has 0 bridgehead atoms. The monoisotopic (exact) mass is 497 g/mol. The number of aromatic nitrogens is 1. The lowest BCUT2D eigenvalue weighted by molar-refractivity contribution is 0.0990. The van der Waals surface area contributed by atoms with Crippen LogP contribution in [0.15, 0.2) is 52.5 Å². The van der Waals surface area contributed by atoms with Crippen molar-refractivity contribution in [2.75, 3.05) is 0 Å². The molecule has 0 spiro atoms. The number of benzene rings is 3. The van der Waals surface area contributed by atoms with E-state index < -0.39 is 51.2 Å². The molecule has 4 nitrogen and oxygen atoms in total. The molecule has 3 aromatic carbocycles. The highest BCUT2D eigenvalue weighted by Crippen LogP contribution is 2.38. The normalized spacial score (nSPS) is 13.3. The molecule has 0 atom stereocenters. The zero-order valence-electron chi connectivity index (χ0n) is 17.1. The van der Waals surface area contributed by atoms with Crippen LogP contribution in [0.25, 0.3) is 37.8 Å². The van der Waals surface area contributed by atoms with Crippen LogP contribution in [0, 0.1) is 29.1 Å². The van der Waals surface area contributed by atoms with Gasteiger partial charge >= 0.3 is 0 Å². The summed E-state index contributed by atoms with van der Waals surface area (Å²) in [7, 11) is 0. The number of hydrogen-bond donors (Lipinski definition) is 0. The van der Waals surface area contributed by atoms with Crippen LogP contribution in [-0.2, 0) is 0 Å². The first kappa shape index (κ1) is 21.4. The SMILES string of the molecule is O=C1C(=Cc2cc3sc(-c4c(F)c(F)c(F)c(F)c4F)nc3o2)C(=O)c2cc3ccccc3cc21. The number of carbonyl (C=O) groups is 2. The molecule has 5 aromatic rings. The minimum Gasteiger partial charge on any atom is -0.437 e. The molecule has 1 aliphatic rings. The van der Waals surface area contributed by atoms with Gasteiger partial charge in [-0.2, -0.15) is 0 Å². The van der Waals surface area contributed by atoms with Crippen LogP contribution in [0.3, 0.4) is 0 Å². The van der Waals surface area contributed by atoms with Crippen molar-refractivity contribution in [2.45, 2.75) is 0 Å². The first-order valence-electron chi connectivity index (χ1n) is 10.0. The van der Waals surface area contributed by atoms with Crippen LogP contribution in [0.5, 0.6) is 0 Å². The van der Waals surface area contributed by atoms with E-state index in [0.717, 1.165) is 10.8 Å². The summed E-state index contributed by atoms with van der Waals surface area (Å²) in [5, 5.41) is 1.13. The molecule has 35 heavy (non-hydrogen) atoms. The number of allylic oxidation sites excluding steroid dienone is 1. The summed E-state index contributed by atoms with van der Waals surface area (Å²) in [6.07, 6.45) is 1.24. The van der Waals surface area contributed by atoms with Gasteiger partial charge in [0, 0.05) is 17.2 Å². The lowest BCUT2D eigenvalue weighted by Crippen LogP contribution is -2.03. The predicted octanol–water partition coefficient (Wildman–Crippen LogP) is 6.87. The van der Waals surface area contributed by atoms with E-state index in [9.17, 15) is 31.5 Å². The molecule has 10 heteroatoms. The van der Waals surface area contributed by atoms with E-state index in [1.54, 1.807) is 12.1 Å². The average molecular weight is 497 g/mol. The van der Waals surface area contributed by atoms with Crippen molar-refractivity contribution in [3.63, 3.8) is 0 Å².